The molecule has 0 bridgehead atoms. The number of hydrogen-bond donors (Lipinski definition) is 0. The molecule has 0 aromatic carbocycles. The normalized spacial score (nSPS) is 12.8. The van der Waals surface area contributed by atoms with Crippen LogP contribution < -0.4 is 0 Å². The van der Waals surface area contributed by atoms with Gasteiger partial charge in [-0.3, -0.25) is 14.4 Å². The van der Waals surface area contributed by atoms with Gasteiger partial charge in [-0.15, -0.1) is 0 Å². The third-order valence-electron chi connectivity index (χ3n) is 12.6. The lowest BCUT2D eigenvalue weighted by Gasteiger charge is -2.18. The standard InChI is InChI=1S/C65H110O6/c1-4-7-10-13-16-19-22-24-26-27-28-29-30-31-32-33-34-35-36-37-38-39-40-42-43-46-49-52-55-58-64(67)70-61-62(60-69-63(66)57-54-51-48-45-21-18-15-12-9-6-3)71-65(68)59-56-53-50-47-44-41-25-23-20-17-14-11-8-5-2/h7,10,16,19,24,26,28-29,31-32,34-35,37-38,40,42,62H,4-6,8-9,11-15,17-18,20-23,25,27,30,33,36,39,41,43-61H2,1-3H3/b10-7-,19-16-,26-24-,29-28-,32-31-,35-34-,38-37-,42-40-. The van der Waals surface area contributed by atoms with E-state index in [2.05, 4.69) is 118 Å². The highest BCUT2D eigenvalue weighted by atomic mass is 16.6. The van der Waals surface area contributed by atoms with Crippen LogP contribution in [0.25, 0.3) is 0 Å². The van der Waals surface area contributed by atoms with Crippen molar-refractivity contribution in [3.8, 4) is 0 Å². The molecule has 6 nitrogen and oxygen atoms in total. The number of esters is 3. The second-order valence-corrected chi connectivity index (χ2v) is 19.5. The van der Waals surface area contributed by atoms with Crippen LogP contribution in [0.3, 0.4) is 0 Å². The first-order valence-electron chi connectivity index (χ1n) is 29.7. The van der Waals surface area contributed by atoms with Crippen LogP contribution in [0.2, 0.25) is 0 Å². The minimum absolute atomic E-state index is 0.0822. The van der Waals surface area contributed by atoms with E-state index in [1.807, 2.05) is 0 Å². The minimum Gasteiger partial charge on any atom is -0.462 e. The fourth-order valence-electron chi connectivity index (χ4n) is 8.16. The molecule has 0 radical (unpaired) electrons. The summed E-state index contributed by atoms with van der Waals surface area (Å²) in [6, 6.07) is 0. The first-order valence-corrected chi connectivity index (χ1v) is 29.7. The van der Waals surface area contributed by atoms with Crippen LogP contribution in [0.5, 0.6) is 0 Å². The van der Waals surface area contributed by atoms with E-state index in [4.69, 9.17) is 14.2 Å². The van der Waals surface area contributed by atoms with Gasteiger partial charge < -0.3 is 14.2 Å². The summed E-state index contributed by atoms with van der Waals surface area (Å²) in [7, 11) is 0. The summed E-state index contributed by atoms with van der Waals surface area (Å²) < 4.78 is 16.8. The number of carbonyl (C=O) groups excluding carboxylic acids is 3. The van der Waals surface area contributed by atoms with Gasteiger partial charge in [-0.2, -0.15) is 0 Å². The molecular weight excluding hydrogens is 877 g/mol. The maximum absolute atomic E-state index is 12.8. The maximum Gasteiger partial charge on any atom is 0.306 e. The molecule has 0 aromatic heterocycles. The van der Waals surface area contributed by atoms with Gasteiger partial charge in [0.25, 0.3) is 0 Å². The van der Waals surface area contributed by atoms with Crippen LogP contribution in [-0.4, -0.2) is 37.2 Å². The molecule has 0 rings (SSSR count). The van der Waals surface area contributed by atoms with Crippen molar-refractivity contribution >= 4 is 17.9 Å². The van der Waals surface area contributed by atoms with Crippen molar-refractivity contribution in [2.75, 3.05) is 13.2 Å². The van der Waals surface area contributed by atoms with E-state index in [0.29, 0.717) is 19.3 Å². The van der Waals surface area contributed by atoms with E-state index in [1.165, 1.54) is 116 Å². The molecule has 1 atom stereocenters. The van der Waals surface area contributed by atoms with Crippen molar-refractivity contribution in [2.24, 2.45) is 0 Å². The lowest BCUT2D eigenvalue weighted by atomic mass is 10.0. The first kappa shape index (κ1) is 67.3. The Balaban J connectivity index is 4.29. The highest BCUT2D eigenvalue weighted by Crippen LogP contribution is 2.16. The Morgan fingerprint density at radius 3 is 0.859 bits per heavy atom. The van der Waals surface area contributed by atoms with Gasteiger partial charge in [0.05, 0.1) is 0 Å². The quantitative estimate of drug-likeness (QED) is 0.0261. The monoisotopic (exact) mass is 987 g/mol. The van der Waals surface area contributed by atoms with Crippen molar-refractivity contribution in [3.05, 3.63) is 97.2 Å². The van der Waals surface area contributed by atoms with Crippen molar-refractivity contribution in [1.29, 1.82) is 0 Å². The fourth-order valence-corrected chi connectivity index (χ4v) is 8.16. The van der Waals surface area contributed by atoms with E-state index in [-0.39, 0.29) is 31.1 Å². The second kappa shape index (κ2) is 58.9. The van der Waals surface area contributed by atoms with Crippen LogP contribution in [0, 0.1) is 0 Å². The molecule has 0 heterocycles. The zero-order valence-corrected chi connectivity index (χ0v) is 46.5. The lowest BCUT2D eigenvalue weighted by molar-refractivity contribution is -0.167. The van der Waals surface area contributed by atoms with Gasteiger partial charge in [0.15, 0.2) is 6.10 Å². The first-order chi connectivity index (χ1) is 35.0. The van der Waals surface area contributed by atoms with E-state index in [1.54, 1.807) is 0 Å². The maximum atomic E-state index is 12.8. The van der Waals surface area contributed by atoms with Gasteiger partial charge in [-0.25, -0.2) is 0 Å². The van der Waals surface area contributed by atoms with Gasteiger partial charge in [0.1, 0.15) is 13.2 Å². The average molecular weight is 988 g/mol. The molecule has 0 saturated carbocycles. The number of hydrogen-bond acceptors (Lipinski definition) is 6. The lowest BCUT2D eigenvalue weighted by Crippen LogP contribution is -2.30. The molecule has 0 fully saturated rings. The van der Waals surface area contributed by atoms with Crippen LogP contribution in [0.1, 0.15) is 278 Å². The van der Waals surface area contributed by atoms with Crippen molar-refractivity contribution in [2.45, 2.75) is 284 Å². The summed E-state index contributed by atoms with van der Waals surface area (Å²) in [4.78, 5) is 38.1. The highest BCUT2D eigenvalue weighted by Gasteiger charge is 2.19. The zero-order chi connectivity index (χ0) is 51.4. The second-order valence-electron chi connectivity index (χ2n) is 19.5. The summed E-state index contributed by atoms with van der Waals surface area (Å²) in [5.41, 5.74) is 0. The van der Waals surface area contributed by atoms with Gasteiger partial charge in [-0.1, -0.05) is 272 Å². The molecule has 6 heteroatoms. The molecule has 0 spiro atoms. The van der Waals surface area contributed by atoms with Crippen LogP contribution in [0.4, 0.5) is 0 Å². The van der Waals surface area contributed by atoms with E-state index in [0.717, 1.165) is 122 Å². The molecule has 406 valence electrons. The molecule has 0 aromatic rings. The van der Waals surface area contributed by atoms with E-state index < -0.39 is 6.10 Å². The molecule has 0 aliphatic rings. The predicted molar refractivity (Wildman–Crippen MR) is 307 cm³/mol. The Morgan fingerprint density at radius 1 is 0.296 bits per heavy atom. The summed E-state index contributed by atoms with van der Waals surface area (Å²) in [5, 5.41) is 0. The van der Waals surface area contributed by atoms with Crippen molar-refractivity contribution in [1.82, 2.24) is 0 Å². The molecule has 0 N–H and O–H groups in total. The molecule has 0 amide bonds. The Kier molecular flexibility index (Phi) is 55.9. The largest absolute Gasteiger partial charge is 0.462 e. The SMILES string of the molecule is CC/C=C\C/C=C\C/C=C\C/C=C\C/C=C\C/C=C\C/C=C\C/C=C\CCCCCCC(=O)OCC(COC(=O)CCCCCCCCCCCC)OC(=O)CCCCCCCCCCCCCCCC. The topological polar surface area (TPSA) is 78.9 Å². The Morgan fingerprint density at radius 2 is 0.549 bits per heavy atom. The van der Waals surface area contributed by atoms with Crippen LogP contribution >= 0.6 is 0 Å². The number of ether oxygens (including phenoxy) is 3. The number of allylic oxidation sites excluding steroid dienone is 16. The molecule has 0 saturated heterocycles. The average Bonchev–Trinajstić information content (AvgIpc) is 3.37. The molecule has 0 aliphatic heterocycles. The van der Waals surface area contributed by atoms with Crippen LogP contribution in [0.15, 0.2) is 97.2 Å². The zero-order valence-electron chi connectivity index (χ0n) is 46.5. The van der Waals surface area contributed by atoms with E-state index >= 15 is 0 Å². The summed E-state index contributed by atoms with van der Waals surface area (Å²) in [5.74, 6) is -0.904. The highest BCUT2D eigenvalue weighted by molar-refractivity contribution is 5.71. The third-order valence-corrected chi connectivity index (χ3v) is 12.6. The Bertz CT molecular complexity index is 1410. The number of carbonyl (C=O) groups is 3. The minimum atomic E-state index is -0.784. The molecule has 0 aliphatic carbocycles. The van der Waals surface area contributed by atoms with Gasteiger partial charge in [0.2, 0.25) is 0 Å². The van der Waals surface area contributed by atoms with Crippen molar-refractivity contribution < 1.29 is 28.6 Å². The number of unbranched alkanes of at least 4 members (excludes halogenated alkanes) is 26. The summed E-state index contributed by atoms with van der Waals surface area (Å²) >= 11 is 0. The van der Waals surface area contributed by atoms with Gasteiger partial charge in [0, 0.05) is 19.3 Å². The third kappa shape index (κ3) is 57.1. The summed E-state index contributed by atoms with van der Waals surface area (Å²) in [6.07, 6.45) is 78.3. The van der Waals surface area contributed by atoms with Gasteiger partial charge >= 0.3 is 17.9 Å². The molecular formula is C65H110O6. The van der Waals surface area contributed by atoms with Gasteiger partial charge in [-0.05, 0) is 83.5 Å². The fraction of sp³-hybridized carbons (Fsp3) is 0.708. The smallest absolute Gasteiger partial charge is 0.306 e. The Hall–Kier alpha value is -3.67. The van der Waals surface area contributed by atoms with Crippen molar-refractivity contribution in [3.63, 3.8) is 0 Å². The van der Waals surface area contributed by atoms with E-state index in [9.17, 15) is 14.4 Å². The Labute approximate surface area is 438 Å². The number of rotatable bonds is 53. The molecule has 1 unspecified atom stereocenters. The summed E-state index contributed by atoms with van der Waals surface area (Å²) in [6.45, 7) is 6.50. The van der Waals surface area contributed by atoms with Crippen LogP contribution in [-0.2, 0) is 28.6 Å². The predicted octanol–water partition coefficient (Wildman–Crippen LogP) is 20.1. The molecule has 71 heavy (non-hydrogen) atoms.